The number of rotatable bonds is 3. The number of aromatic amines is 1. The molecule has 3 N–H and O–H groups in total. The molecule has 1 unspecified atom stereocenters. The van der Waals surface area contributed by atoms with Gasteiger partial charge >= 0.3 is 0 Å². The van der Waals surface area contributed by atoms with E-state index in [1.54, 1.807) is 17.4 Å². The van der Waals surface area contributed by atoms with Crippen LogP contribution in [0.2, 0.25) is 0 Å². The molecule has 0 saturated heterocycles. The lowest BCUT2D eigenvalue weighted by Gasteiger charge is -2.11. The van der Waals surface area contributed by atoms with Crippen molar-refractivity contribution in [2.45, 2.75) is 25.8 Å². The maximum absolute atomic E-state index is 11.7. The molecule has 2 rings (SSSR count). The van der Waals surface area contributed by atoms with E-state index in [2.05, 4.69) is 10.2 Å². The number of thiophene rings is 1. The third kappa shape index (κ3) is 2.45. The zero-order valence-electron chi connectivity index (χ0n) is 9.81. The Hall–Kier alpha value is -1.46. The third-order valence-corrected chi connectivity index (χ3v) is 3.58. The van der Waals surface area contributed by atoms with E-state index in [0.717, 1.165) is 10.6 Å². The van der Waals surface area contributed by atoms with Crippen LogP contribution in [0.25, 0.3) is 0 Å². The number of nitrogens with zero attached hydrogens (tertiary/aromatic N) is 1. The Labute approximate surface area is 103 Å². The molecule has 17 heavy (non-hydrogen) atoms. The average molecular weight is 249 g/mol. The highest BCUT2D eigenvalue weighted by molar-refractivity contribution is 7.10. The summed E-state index contributed by atoms with van der Waals surface area (Å²) >= 11 is 1.55. The Balaban J connectivity index is 2.44. The molecule has 4 nitrogen and oxygen atoms in total. The van der Waals surface area contributed by atoms with Gasteiger partial charge in [-0.3, -0.25) is 4.79 Å². The normalized spacial score (nSPS) is 12.9. The Morgan fingerprint density at radius 3 is 2.82 bits per heavy atom. The van der Waals surface area contributed by atoms with E-state index in [1.807, 2.05) is 31.4 Å². The van der Waals surface area contributed by atoms with Crippen molar-refractivity contribution in [2.24, 2.45) is 5.73 Å². The van der Waals surface area contributed by atoms with Gasteiger partial charge in [0.15, 0.2) is 0 Å². The zero-order valence-corrected chi connectivity index (χ0v) is 10.6. The second-order valence-electron chi connectivity index (χ2n) is 4.23. The number of hydrogen-bond donors (Lipinski definition) is 2. The molecule has 90 valence electrons. The van der Waals surface area contributed by atoms with Crippen LogP contribution in [-0.2, 0) is 0 Å². The maximum Gasteiger partial charge on any atom is 0.269 e. The Morgan fingerprint density at radius 1 is 1.47 bits per heavy atom. The SMILES string of the molecule is CC(C)c1cc(C(N)c2cccs2)c(=O)[nH]n1. The van der Waals surface area contributed by atoms with Crippen molar-refractivity contribution in [3.8, 4) is 0 Å². The van der Waals surface area contributed by atoms with Crippen LogP contribution in [0.5, 0.6) is 0 Å². The summed E-state index contributed by atoms with van der Waals surface area (Å²) in [5.41, 5.74) is 7.31. The first kappa shape index (κ1) is 12.0. The summed E-state index contributed by atoms with van der Waals surface area (Å²) in [6.45, 7) is 4.06. The van der Waals surface area contributed by atoms with Crippen molar-refractivity contribution < 1.29 is 0 Å². The molecular formula is C12H15N3OS. The second-order valence-corrected chi connectivity index (χ2v) is 5.20. The van der Waals surface area contributed by atoms with Gasteiger partial charge in [0.05, 0.1) is 11.7 Å². The fourth-order valence-corrected chi connectivity index (χ4v) is 2.33. The number of hydrogen-bond acceptors (Lipinski definition) is 4. The minimum atomic E-state index is -0.376. The molecule has 0 aliphatic rings. The average Bonchev–Trinajstić information content (AvgIpc) is 2.81. The second kappa shape index (κ2) is 4.81. The molecule has 0 saturated carbocycles. The number of nitrogens with one attached hydrogen (secondary N) is 1. The minimum Gasteiger partial charge on any atom is -0.319 e. The highest BCUT2D eigenvalue weighted by atomic mass is 32.1. The Bertz CT molecular complexity index is 545. The van der Waals surface area contributed by atoms with E-state index in [4.69, 9.17) is 5.73 Å². The zero-order chi connectivity index (χ0) is 12.4. The van der Waals surface area contributed by atoms with Crippen LogP contribution in [-0.4, -0.2) is 10.2 Å². The van der Waals surface area contributed by atoms with Crippen molar-refractivity contribution >= 4 is 11.3 Å². The monoisotopic (exact) mass is 249 g/mol. The third-order valence-electron chi connectivity index (χ3n) is 2.63. The molecule has 0 radical (unpaired) electrons. The summed E-state index contributed by atoms with van der Waals surface area (Å²) < 4.78 is 0. The summed E-state index contributed by atoms with van der Waals surface area (Å²) in [4.78, 5) is 12.7. The van der Waals surface area contributed by atoms with Crippen LogP contribution in [0.15, 0.2) is 28.4 Å². The van der Waals surface area contributed by atoms with Crippen LogP contribution in [0.3, 0.4) is 0 Å². The van der Waals surface area contributed by atoms with E-state index in [1.165, 1.54) is 0 Å². The first-order valence-electron chi connectivity index (χ1n) is 5.48. The van der Waals surface area contributed by atoms with Crippen molar-refractivity contribution in [1.29, 1.82) is 0 Å². The largest absolute Gasteiger partial charge is 0.319 e. The maximum atomic E-state index is 11.7. The number of aromatic nitrogens is 2. The highest BCUT2D eigenvalue weighted by Gasteiger charge is 2.15. The molecule has 0 aliphatic heterocycles. The molecule has 2 heterocycles. The lowest BCUT2D eigenvalue weighted by molar-refractivity contribution is 0.750. The van der Waals surface area contributed by atoms with Crippen molar-refractivity contribution in [2.75, 3.05) is 0 Å². The summed E-state index contributed by atoms with van der Waals surface area (Å²) in [5, 5.41) is 8.48. The molecule has 0 bridgehead atoms. The van der Waals surface area contributed by atoms with E-state index < -0.39 is 0 Å². The van der Waals surface area contributed by atoms with Gasteiger partial charge in [0, 0.05) is 10.4 Å². The van der Waals surface area contributed by atoms with E-state index in [-0.39, 0.29) is 17.5 Å². The van der Waals surface area contributed by atoms with Crippen LogP contribution in [0.1, 0.15) is 41.9 Å². The Morgan fingerprint density at radius 2 is 2.24 bits per heavy atom. The molecule has 2 aromatic heterocycles. The van der Waals surface area contributed by atoms with Gasteiger partial charge in [-0.25, -0.2) is 5.10 Å². The van der Waals surface area contributed by atoms with Gasteiger partial charge in [0.2, 0.25) is 0 Å². The lowest BCUT2D eigenvalue weighted by atomic mass is 10.0. The molecular weight excluding hydrogens is 234 g/mol. The first-order valence-corrected chi connectivity index (χ1v) is 6.36. The number of H-pyrrole nitrogens is 1. The fourth-order valence-electron chi connectivity index (χ4n) is 1.59. The molecule has 1 atom stereocenters. The quantitative estimate of drug-likeness (QED) is 0.874. The predicted octanol–water partition coefficient (Wildman–Crippen LogP) is 2.00. The van der Waals surface area contributed by atoms with Gasteiger partial charge in [-0.1, -0.05) is 19.9 Å². The van der Waals surface area contributed by atoms with E-state index in [9.17, 15) is 4.79 Å². The van der Waals surface area contributed by atoms with Gasteiger partial charge in [0.1, 0.15) is 0 Å². The Kier molecular flexibility index (Phi) is 3.40. The first-order chi connectivity index (χ1) is 8.09. The molecule has 2 aromatic rings. The molecule has 0 fully saturated rings. The summed E-state index contributed by atoms with van der Waals surface area (Å²) in [6, 6.07) is 5.29. The van der Waals surface area contributed by atoms with Gasteiger partial charge in [-0.15, -0.1) is 11.3 Å². The standard InChI is InChI=1S/C12H15N3OS/c1-7(2)9-6-8(12(16)15-14-9)11(13)10-4-3-5-17-10/h3-7,11H,13H2,1-2H3,(H,15,16). The van der Waals surface area contributed by atoms with Gasteiger partial charge in [-0.05, 0) is 23.4 Å². The van der Waals surface area contributed by atoms with Crippen molar-refractivity contribution in [3.63, 3.8) is 0 Å². The smallest absolute Gasteiger partial charge is 0.269 e. The topological polar surface area (TPSA) is 71.8 Å². The van der Waals surface area contributed by atoms with Crippen molar-refractivity contribution in [3.05, 3.63) is 50.1 Å². The van der Waals surface area contributed by atoms with E-state index >= 15 is 0 Å². The molecule has 0 aliphatic carbocycles. The minimum absolute atomic E-state index is 0.213. The molecule has 0 aromatic carbocycles. The summed E-state index contributed by atoms with van der Waals surface area (Å²) in [6.07, 6.45) is 0. The summed E-state index contributed by atoms with van der Waals surface area (Å²) in [7, 11) is 0. The molecule has 0 spiro atoms. The molecule has 0 amide bonds. The highest BCUT2D eigenvalue weighted by Crippen LogP contribution is 2.22. The molecule has 5 heteroatoms. The van der Waals surface area contributed by atoms with Crippen molar-refractivity contribution in [1.82, 2.24) is 10.2 Å². The summed E-state index contributed by atoms with van der Waals surface area (Å²) in [5.74, 6) is 0.265. The van der Waals surface area contributed by atoms with Gasteiger partial charge < -0.3 is 5.73 Å². The van der Waals surface area contributed by atoms with E-state index in [0.29, 0.717) is 5.56 Å². The van der Waals surface area contributed by atoms with Crippen LogP contribution >= 0.6 is 11.3 Å². The van der Waals surface area contributed by atoms with Gasteiger partial charge in [-0.2, -0.15) is 5.10 Å². The van der Waals surface area contributed by atoms with Crippen LogP contribution in [0, 0.1) is 0 Å². The fraction of sp³-hybridized carbons (Fsp3) is 0.333. The van der Waals surface area contributed by atoms with Crippen LogP contribution in [0.4, 0.5) is 0 Å². The lowest BCUT2D eigenvalue weighted by Crippen LogP contribution is -2.24. The van der Waals surface area contributed by atoms with Crippen LogP contribution < -0.4 is 11.3 Å². The van der Waals surface area contributed by atoms with Gasteiger partial charge in [0.25, 0.3) is 5.56 Å². The number of nitrogens with two attached hydrogens (primary N) is 1. The predicted molar refractivity (Wildman–Crippen MR) is 69.3 cm³/mol.